The highest BCUT2D eigenvalue weighted by Gasteiger charge is 2.24. The average molecular weight is 476 g/mol. The van der Waals surface area contributed by atoms with Crippen LogP contribution in [0.25, 0.3) is 0 Å². The number of benzene rings is 2. The summed E-state index contributed by atoms with van der Waals surface area (Å²) in [6, 6.07) is 8.88. The quantitative estimate of drug-likeness (QED) is 0.326. The van der Waals surface area contributed by atoms with Crippen LogP contribution in [0.3, 0.4) is 0 Å². The number of nitrogens with zero attached hydrogens (tertiary/aromatic N) is 1. The summed E-state index contributed by atoms with van der Waals surface area (Å²) >= 11 is 12.2. The van der Waals surface area contributed by atoms with Gasteiger partial charge in [-0.25, -0.2) is 5.43 Å². The molecule has 0 radical (unpaired) electrons. The van der Waals surface area contributed by atoms with Gasteiger partial charge in [0.1, 0.15) is 12.6 Å². The molecule has 0 aliphatic heterocycles. The Morgan fingerprint density at radius 2 is 2.00 bits per heavy atom. The van der Waals surface area contributed by atoms with E-state index >= 15 is 0 Å². The fourth-order valence-electron chi connectivity index (χ4n) is 2.70. The molecule has 32 heavy (non-hydrogen) atoms. The van der Waals surface area contributed by atoms with Crippen molar-refractivity contribution in [2.45, 2.75) is 19.9 Å². The molecule has 0 spiro atoms. The number of carbonyl (C=O) groups excluding carboxylic acids is 2. The fraction of sp³-hybridized carbons (Fsp3) is 0.261. The predicted octanol–water partition coefficient (Wildman–Crippen LogP) is 3.92. The van der Waals surface area contributed by atoms with Crippen LogP contribution in [0.4, 0.5) is 0 Å². The minimum absolute atomic E-state index is 0.0388. The molecule has 0 aliphatic carbocycles. The topological polar surface area (TPSA) is 89.0 Å². The van der Waals surface area contributed by atoms with Gasteiger partial charge in [0.05, 0.1) is 18.3 Å². The van der Waals surface area contributed by atoms with Gasteiger partial charge in [-0.2, -0.15) is 5.10 Å². The third-order valence-corrected chi connectivity index (χ3v) is 4.78. The Kier molecular flexibility index (Phi) is 9.39. The summed E-state index contributed by atoms with van der Waals surface area (Å²) in [6.45, 7) is 3.66. The number of methoxy groups -OCH3 is 1. The number of hydrogen-bond acceptors (Lipinski definition) is 5. The van der Waals surface area contributed by atoms with Crippen LogP contribution >= 0.6 is 23.2 Å². The second-order valence-electron chi connectivity index (χ2n) is 6.97. The Balaban J connectivity index is 2.09. The molecular weight excluding hydrogens is 453 g/mol. The van der Waals surface area contributed by atoms with Crippen LogP contribution in [0.2, 0.25) is 10.0 Å². The number of hydrazone groups is 1. The number of carbonyl (C=O) groups is 2. The third-order valence-electron chi connectivity index (χ3n) is 4.26. The molecule has 0 saturated carbocycles. The summed E-state index contributed by atoms with van der Waals surface area (Å²) in [4.78, 5) is 25.1. The van der Waals surface area contributed by atoms with E-state index < -0.39 is 17.9 Å². The summed E-state index contributed by atoms with van der Waals surface area (Å²) in [5.74, 6) is 1.97. The molecular formula is C23H23Cl2N3O4. The largest absolute Gasteiger partial charge is 0.493 e. The van der Waals surface area contributed by atoms with Gasteiger partial charge in [0.25, 0.3) is 11.8 Å². The van der Waals surface area contributed by atoms with Crippen LogP contribution in [-0.2, 0) is 4.79 Å². The molecule has 0 fully saturated rings. The second kappa shape index (κ2) is 12.0. The van der Waals surface area contributed by atoms with Crippen molar-refractivity contribution in [3.63, 3.8) is 0 Å². The van der Waals surface area contributed by atoms with Crippen molar-refractivity contribution < 1.29 is 19.1 Å². The average Bonchev–Trinajstić information content (AvgIpc) is 2.75. The first-order valence-corrected chi connectivity index (χ1v) is 10.4. The van der Waals surface area contributed by atoms with E-state index in [2.05, 4.69) is 21.8 Å². The lowest BCUT2D eigenvalue weighted by Gasteiger charge is -2.20. The van der Waals surface area contributed by atoms with Gasteiger partial charge in [0.15, 0.2) is 11.5 Å². The van der Waals surface area contributed by atoms with E-state index in [9.17, 15) is 9.59 Å². The Hall–Kier alpha value is -3.21. The zero-order chi connectivity index (χ0) is 23.7. The van der Waals surface area contributed by atoms with E-state index in [1.165, 1.54) is 19.4 Å². The Labute approximate surface area is 197 Å². The molecule has 0 heterocycles. The number of terminal acetylenes is 1. The van der Waals surface area contributed by atoms with E-state index in [-0.39, 0.29) is 17.5 Å². The molecule has 168 valence electrons. The zero-order valence-electron chi connectivity index (χ0n) is 17.8. The van der Waals surface area contributed by atoms with Gasteiger partial charge in [-0.3, -0.25) is 9.59 Å². The minimum atomic E-state index is -0.809. The number of halogens is 2. The molecule has 2 N–H and O–H groups in total. The van der Waals surface area contributed by atoms with Gasteiger partial charge in [-0.05, 0) is 41.8 Å². The van der Waals surface area contributed by atoms with Crippen molar-refractivity contribution in [1.82, 2.24) is 10.7 Å². The summed E-state index contributed by atoms with van der Waals surface area (Å²) in [7, 11) is 1.47. The van der Waals surface area contributed by atoms with E-state index in [0.29, 0.717) is 27.6 Å². The van der Waals surface area contributed by atoms with Gasteiger partial charge in [-0.15, -0.1) is 6.42 Å². The number of amides is 2. The maximum Gasteiger partial charge on any atom is 0.262 e. The normalized spacial score (nSPS) is 11.7. The van der Waals surface area contributed by atoms with E-state index in [1.54, 1.807) is 30.3 Å². The highest BCUT2D eigenvalue weighted by molar-refractivity contribution is 6.32. The lowest BCUT2D eigenvalue weighted by molar-refractivity contribution is -0.123. The maximum absolute atomic E-state index is 12.6. The molecule has 2 aromatic rings. The van der Waals surface area contributed by atoms with Gasteiger partial charge in [0, 0.05) is 10.6 Å². The fourth-order valence-corrected chi connectivity index (χ4v) is 3.16. The molecule has 0 saturated heterocycles. The van der Waals surface area contributed by atoms with Crippen LogP contribution in [-0.4, -0.2) is 37.8 Å². The van der Waals surface area contributed by atoms with Gasteiger partial charge < -0.3 is 14.8 Å². The number of nitrogens with one attached hydrogen (secondary N) is 2. The molecule has 0 aromatic heterocycles. The van der Waals surface area contributed by atoms with Crippen LogP contribution in [0.5, 0.6) is 11.5 Å². The number of hydrogen-bond donors (Lipinski definition) is 2. The smallest absolute Gasteiger partial charge is 0.262 e. The molecule has 7 nitrogen and oxygen atoms in total. The first-order valence-electron chi connectivity index (χ1n) is 9.60. The highest BCUT2D eigenvalue weighted by atomic mass is 35.5. The van der Waals surface area contributed by atoms with Gasteiger partial charge in [0.2, 0.25) is 0 Å². The number of rotatable bonds is 9. The lowest BCUT2D eigenvalue weighted by Crippen LogP contribution is -2.48. The molecule has 0 bridgehead atoms. The van der Waals surface area contributed by atoms with Crippen LogP contribution in [0.15, 0.2) is 41.5 Å². The van der Waals surface area contributed by atoms with Crippen molar-refractivity contribution in [3.05, 3.63) is 57.6 Å². The van der Waals surface area contributed by atoms with Crippen LogP contribution in [0.1, 0.15) is 29.8 Å². The Morgan fingerprint density at radius 1 is 1.25 bits per heavy atom. The van der Waals surface area contributed by atoms with Crippen molar-refractivity contribution >= 4 is 41.2 Å². The molecule has 2 rings (SSSR count). The summed E-state index contributed by atoms with van der Waals surface area (Å²) in [5, 5.41) is 7.38. The molecule has 0 aliphatic rings. The Morgan fingerprint density at radius 3 is 2.62 bits per heavy atom. The zero-order valence-corrected chi connectivity index (χ0v) is 19.3. The van der Waals surface area contributed by atoms with Gasteiger partial charge in [-0.1, -0.05) is 49.0 Å². The van der Waals surface area contributed by atoms with E-state index in [0.717, 1.165) is 0 Å². The Bertz CT molecular complexity index is 1050. The standard InChI is InChI=1S/C23H23Cl2N3O4/c1-5-9-32-21-18(25)10-15(11-19(21)31-4)13-26-28-23(30)20(14(2)3)27-22(29)16-7-6-8-17(24)12-16/h1,6-8,10-14,20H,9H2,2-4H3,(H,27,29)(H,28,30). The van der Waals surface area contributed by atoms with Crippen LogP contribution < -0.4 is 20.2 Å². The van der Waals surface area contributed by atoms with Crippen molar-refractivity contribution in [2.24, 2.45) is 11.0 Å². The maximum atomic E-state index is 12.6. The molecule has 9 heteroatoms. The second-order valence-corrected chi connectivity index (χ2v) is 7.81. The lowest BCUT2D eigenvalue weighted by atomic mass is 10.0. The monoisotopic (exact) mass is 475 g/mol. The minimum Gasteiger partial charge on any atom is -0.493 e. The molecule has 1 unspecified atom stereocenters. The molecule has 2 aromatic carbocycles. The van der Waals surface area contributed by atoms with E-state index in [1.807, 2.05) is 13.8 Å². The van der Waals surface area contributed by atoms with Crippen molar-refractivity contribution in [3.8, 4) is 23.8 Å². The molecule has 2 amide bonds. The van der Waals surface area contributed by atoms with Gasteiger partial charge >= 0.3 is 0 Å². The third kappa shape index (κ3) is 6.91. The summed E-state index contributed by atoms with van der Waals surface area (Å²) in [5.41, 5.74) is 3.35. The van der Waals surface area contributed by atoms with Crippen molar-refractivity contribution in [2.75, 3.05) is 13.7 Å². The molecule has 1 atom stereocenters. The SMILES string of the molecule is C#CCOc1c(Cl)cc(C=NNC(=O)C(NC(=O)c2cccc(Cl)c2)C(C)C)cc1OC. The summed E-state index contributed by atoms with van der Waals surface area (Å²) in [6.07, 6.45) is 6.60. The first-order chi connectivity index (χ1) is 15.3. The predicted molar refractivity (Wildman–Crippen MR) is 126 cm³/mol. The van der Waals surface area contributed by atoms with Crippen LogP contribution in [0, 0.1) is 18.3 Å². The van der Waals surface area contributed by atoms with Crippen molar-refractivity contribution in [1.29, 1.82) is 0 Å². The highest BCUT2D eigenvalue weighted by Crippen LogP contribution is 2.35. The van der Waals surface area contributed by atoms with E-state index in [4.69, 9.17) is 39.1 Å². The summed E-state index contributed by atoms with van der Waals surface area (Å²) < 4.78 is 10.7. The number of ether oxygens (including phenoxy) is 2. The first kappa shape index (κ1) is 25.1.